The van der Waals surface area contributed by atoms with Crippen LogP contribution in [-0.4, -0.2) is 49.5 Å². The lowest BCUT2D eigenvalue weighted by Gasteiger charge is -2.09. The van der Waals surface area contributed by atoms with Gasteiger partial charge in [0.1, 0.15) is 0 Å². The molecule has 166 valence electrons. The zero-order chi connectivity index (χ0) is 21.6. The second-order valence-corrected chi connectivity index (χ2v) is 7.06. The van der Waals surface area contributed by atoms with Gasteiger partial charge in [0.25, 0.3) is 0 Å². The molecule has 0 heterocycles. The summed E-state index contributed by atoms with van der Waals surface area (Å²) in [4.78, 5) is 0. The zero-order valence-electron chi connectivity index (χ0n) is 17.2. The van der Waals surface area contributed by atoms with Crippen molar-refractivity contribution in [3.05, 3.63) is 59.2 Å². The maximum Gasteiger partial charge on any atom is 0.165 e. The van der Waals surface area contributed by atoms with Crippen molar-refractivity contribution >= 4 is 0 Å². The van der Waals surface area contributed by atoms with Crippen LogP contribution in [0.15, 0.2) is 36.4 Å². The SMILES string of the molecule is Oc1c(F)cccc1CNCCCNCCNCCCNCc1cccc(F)c1O. The van der Waals surface area contributed by atoms with Crippen LogP contribution >= 0.6 is 0 Å². The van der Waals surface area contributed by atoms with Crippen LogP contribution in [0.4, 0.5) is 8.78 Å². The van der Waals surface area contributed by atoms with Crippen molar-refractivity contribution in [2.75, 3.05) is 39.3 Å². The highest BCUT2D eigenvalue weighted by atomic mass is 19.1. The summed E-state index contributed by atoms with van der Waals surface area (Å²) in [5.74, 6) is -1.75. The molecule has 6 N–H and O–H groups in total. The van der Waals surface area contributed by atoms with Crippen LogP contribution in [0, 0.1) is 11.6 Å². The smallest absolute Gasteiger partial charge is 0.165 e. The van der Waals surface area contributed by atoms with Crippen LogP contribution in [0.1, 0.15) is 24.0 Å². The lowest BCUT2D eigenvalue weighted by Crippen LogP contribution is -2.30. The molecule has 0 bridgehead atoms. The zero-order valence-corrected chi connectivity index (χ0v) is 17.2. The number of nitrogens with one attached hydrogen (secondary N) is 4. The Balaban J connectivity index is 1.36. The first-order valence-corrected chi connectivity index (χ1v) is 10.3. The van der Waals surface area contributed by atoms with Crippen LogP contribution in [0.25, 0.3) is 0 Å². The van der Waals surface area contributed by atoms with Gasteiger partial charge in [-0.05, 0) is 51.2 Å². The summed E-state index contributed by atoms with van der Waals surface area (Å²) in [6, 6.07) is 9.07. The largest absolute Gasteiger partial charge is 0.505 e. The van der Waals surface area contributed by atoms with Crippen molar-refractivity contribution in [2.45, 2.75) is 25.9 Å². The number of hydrogen-bond acceptors (Lipinski definition) is 6. The van der Waals surface area contributed by atoms with Crippen LogP contribution in [0.5, 0.6) is 11.5 Å². The van der Waals surface area contributed by atoms with Crippen molar-refractivity contribution in [3.63, 3.8) is 0 Å². The fourth-order valence-corrected chi connectivity index (χ4v) is 2.95. The van der Waals surface area contributed by atoms with E-state index in [-0.39, 0.29) is 11.5 Å². The molecule has 0 fully saturated rings. The van der Waals surface area contributed by atoms with E-state index in [1.807, 2.05) is 0 Å². The van der Waals surface area contributed by atoms with E-state index < -0.39 is 11.6 Å². The number of phenols is 2. The van der Waals surface area contributed by atoms with Crippen molar-refractivity contribution in [2.24, 2.45) is 0 Å². The highest BCUT2D eigenvalue weighted by Crippen LogP contribution is 2.20. The first-order valence-electron chi connectivity index (χ1n) is 10.3. The molecule has 0 atom stereocenters. The Kier molecular flexibility index (Phi) is 11.1. The lowest BCUT2D eigenvalue weighted by molar-refractivity contribution is 0.422. The molecular weight excluding hydrogens is 390 g/mol. The van der Waals surface area contributed by atoms with Gasteiger partial charge < -0.3 is 31.5 Å². The Morgan fingerprint density at radius 3 is 1.40 bits per heavy atom. The highest BCUT2D eigenvalue weighted by Gasteiger charge is 2.06. The minimum atomic E-state index is -0.592. The van der Waals surface area contributed by atoms with E-state index in [4.69, 9.17) is 0 Å². The molecule has 0 spiro atoms. The summed E-state index contributed by atoms with van der Waals surface area (Å²) >= 11 is 0. The maximum atomic E-state index is 13.2. The second-order valence-electron chi connectivity index (χ2n) is 7.06. The summed E-state index contributed by atoms with van der Waals surface area (Å²) < 4.78 is 26.4. The third kappa shape index (κ3) is 8.62. The fraction of sp³-hybridized carbons (Fsp3) is 0.455. The topological polar surface area (TPSA) is 88.6 Å². The monoisotopic (exact) mass is 422 g/mol. The average molecular weight is 423 g/mol. The van der Waals surface area contributed by atoms with Gasteiger partial charge in [-0.1, -0.05) is 24.3 Å². The number of rotatable bonds is 15. The summed E-state index contributed by atoms with van der Waals surface area (Å²) in [5.41, 5.74) is 1.13. The van der Waals surface area contributed by atoms with E-state index in [0.29, 0.717) is 24.2 Å². The molecule has 6 nitrogen and oxygen atoms in total. The minimum absolute atomic E-state index is 0.281. The molecule has 2 aromatic carbocycles. The van der Waals surface area contributed by atoms with Gasteiger partial charge in [-0.25, -0.2) is 8.78 Å². The lowest BCUT2D eigenvalue weighted by atomic mass is 10.2. The molecular formula is C22H32F2N4O2. The van der Waals surface area contributed by atoms with Crippen molar-refractivity contribution in [1.82, 2.24) is 21.3 Å². The molecule has 0 aliphatic rings. The number of halogens is 2. The highest BCUT2D eigenvalue weighted by molar-refractivity contribution is 5.34. The molecule has 0 saturated carbocycles. The van der Waals surface area contributed by atoms with Gasteiger partial charge in [-0.2, -0.15) is 0 Å². The third-order valence-electron chi connectivity index (χ3n) is 4.66. The molecule has 0 saturated heterocycles. The number of phenolic OH excluding ortho intramolecular Hbond substituents is 2. The van der Waals surface area contributed by atoms with Gasteiger partial charge in [0.2, 0.25) is 0 Å². The Morgan fingerprint density at radius 1 is 0.567 bits per heavy atom. The Morgan fingerprint density at radius 2 is 0.967 bits per heavy atom. The third-order valence-corrected chi connectivity index (χ3v) is 4.66. The van der Waals surface area contributed by atoms with Crippen molar-refractivity contribution in [3.8, 4) is 11.5 Å². The van der Waals surface area contributed by atoms with Crippen LogP contribution in [0.3, 0.4) is 0 Å². The maximum absolute atomic E-state index is 13.2. The normalized spacial score (nSPS) is 11.1. The molecule has 0 aliphatic heterocycles. The van der Waals surface area contributed by atoms with Crippen molar-refractivity contribution in [1.29, 1.82) is 0 Å². The average Bonchev–Trinajstić information content (AvgIpc) is 2.74. The van der Waals surface area contributed by atoms with Crippen LogP contribution in [0.2, 0.25) is 0 Å². The Hall–Kier alpha value is -2.26. The second kappa shape index (κ2) is 13.9. The van der Waals surface area contributed by atoms with Gasteiger partial charge >= 0.3 is 0 Å². The van der Waals surface area contributed by atoms with Gasteiger partial charge in [0.15, 0.2) is 23.1 Å². The van der Waals surface area contributed by atoms with E-state index >= 15 is 0 Å². The predicted octanol–water partition coefficient (Wildman–Crippen LogP) is 2.21. The Labute approximate surface area is 176 Å². The number of benzene rings is 2. The molecule has 0 aliphatic carbocycles. The van der Waals surface area contributed by atoms with Gasteiger partial charge in [0, 0.05) is 37.3 Å². The molecule has 8 heteroatoms. The summed E-state index contributed by atoms with van der Waals surface area (Å²) in [6.45, 7) is 5.94. The van der Waals surface area contributed by atoms with Gasteiger partial charge in [-0.15, -0.1) is 0 Å². The number of para-hydroxylation sites is 2. The molecule has 2 aromatic rings. The van der Waals surface area contributed by atoms with E-state index in [9.17, 15) is 19.0 Å². The van der Waals surface area contributed by atoms with Crippen molar-refractivity contribution < 1.29 is 19.0 Å². The quantitative estimate of drug-likeness (QED) is 0.247. The predicted molar refractivity (Wildman–Crippen MR) is 115 cm³/mol. The van der Waals surface area contributed by atoms with Gasteiger partial charge in [-0.3, -0.25) is 0 Å². The number of hydrogen-bond donors (Lipinski definition) is 6. The van der Waals surface area contributed by atoms with E-state index in [0.717, 1.165) is 52.1 Å². The van der Waals surface area contributed by atoms with Crippen LogP contribution in [-0.2, 0) is 13.1 Å². The molecule has 2 rings (SSSR count). The summed E-state index contributed by atoms with van der Waals surface area (Å²) in [6.07, 6.45) is 1.87. The van der Waals surface area contributed by atoms with E-state index in [1.165, 1.54) is 12.1 Å². The van der Waals surface area contributed by atoms with Crippen LogP contribution < -0.4 is 21.3 Å². The fourth-order valence-electron chi connectivity index (χ4n) is 2.95. The molecule has 30 heavy (non-hydrogen) atoms. The Bertz CT molecular complexity index is 698. The molecule has 0 aromatic heterocycles. The summed E-state index contributed by atoms with van der Waals surface area (Å²) in [7, 11) is 0. The molecule has 0 unspecified atom stereocenters. The molecule has 0 radical (unpaired) electrons. The first-order chi connectivity index (χ1) is 14.6. The van der Waals surface area contributed by atoms with Gasteiger partial charge in [0.05, 0.1) is 0 Å². The van der Waals surface area contributed by atoms with E-state index in [1.54, 1.807) is 24.3 Å². The summed E-state index contributed by atoms with van der Waals surface area (Å²) in [5, 5.41) is 32.3. The van der Waals surface area contributed by atoms with E-state index in [2.05, 4.69) is 21.3 Å². The molecule has 0 amide bonds. The minimum Gasteiger partial charge on any atom is -0.505 e. The standard InChI is InChI=1S/C22H32F2N4O2/c23-19-7-1-5-17(21(19)29)15-27-11-3-9-25-13-14-26-10-4-12-28-16-18-6-2-8-20(24)22(18)30/h1-2,5-8,25-30H,3-4,9-16H2. The number of aromatic hydroxyl groups is 2. The first kappa shape index (κ1) is 24.0.